The zero-order valence-corrected chi connectivity index (χ0v) is 20.1. The topological polar surface area (TPSA) is 126 Å². The number of nitrogens with one attached hydrogen (secondary N) is 1. The van der Waals surface area contributed by atoms with E-state index in [1.165, 1.54) is 18.1 Å². The van der Waals surface area contributed by atoms with Gasteiger partial charge in [-0.15, -0.1) is 0 Å². The summed E-state index contributed by atoms with van der Waals surface area (Å²) in [6.07, 6.45) is -0.241. The first kappa shape index (κ1) is 23.4. The molecular weight excluding hydrogens is 491 g/mol. The molecule has 2 aliphatic rings. The first-order valence-electron chi connectivity index (χ1n) is 11.7. The quantitative estimate of drug-likeness (QED) is 0.408. The van der Waals surface area contributed by atoms with Crippen molar-refractivity contribution in [3.05, 3.63) is 82.9 Å². The van der Waals surface area contributed by atoms with Crippen LogP contribution >= 0.6 is 0 Å². The third-order valence-corrected chi connectivity index (χ3v) is 7.02. The Balaban J connectivity index is 1.39. The first-order valence-corrected chi connectivity index (χ1v) is 11.7. The number of imide groups is 1. The number of nitriles is 1. The monoisotopic (exact) mass is 510 g/mol. The number of ether oxygens (including phenoxy) is 1. The number of fused-ring (bicyclic) bond motifs is 2. The van der Waals surface area contributed by atoms with Crippen molar-refractivity contribution in [1.29, 1.82) is 5.26 Å². The van der Waals surface area contributed by atoms with Crippen molar-refractivity contribution in [2.75, 3.05) is 13.7 Å². The molecule has 0 unspecified atom stereocenters. The van der Waals surface area contributed by atoms with Gasteiger partial charge in [0.25, 0.3) is 5.91 Å². The average Bonchev–Trinajstić information content (AvgIpc) is 3.57. The fourth-order valence-corrected chi connectivity index (χ4v) is 5.12. The van der Waals surface area contributed by atoms with E-state index in [-0.39, 0.29) is 36.6 Å². The Kier molecular flexibility index (Phi) is 5.24. The van der Waals surface area contributed by atoms with Crippen LogP contribution in [-0.2, 0) is 21.5 Å². The van der Waals surface area contributed by atoms with Gasteiger partial charge in [-0.05, 0) is 35.9 Å². The normalized spacial score (nSPS) is 18.6. The number of carbonyl (C=O) groups excluding carboxylic acids is 3. The summed E-state index contributed by atoms with van der Waals surface area (Å²) in [6.45, 7) is -0.132. The third-order valence-electron chi connectivity index (χ3n) is 7.02. The number of methoxy groups -OCH3 is 1. The van der Waals surface area contributed by atoms with Crippen molar-refractivity contribution >= 4 is 28.8 Å². The predicted octanol–water partition coefficient (Wildman–Crippen LogP) is 3.45. The molecule has 9 nitrogen and oxygen atoms in total. The highest BCUT2D eigenvalue weighted by Gasteiger charge is 2.53. The van der Waals surface area contributed by atoms with Crippen LogP contribution in [0.2, 0.25) is 0 Å². The minimum atomic E-state index is -1.52. The summed E-state index contributed by atoms with van der Waals surface area (Å²) in [5.74, 6) is -2.36. The molecule has 2 aromatic carbocycles. The van der Waals surface area contributed by atoms with E-state index in [0.717, 1.165) is 5.56 Å². The molecule has 1 fully saturated rings. The highest BCUT2D eigenvalue weighted by Crippen LogP contribution is 2.40. The van der Waals surface area contributed by atoms with Crippen LogP contribution in [0, 0.1) is 17.1 Å². The minimum Gasteiger partial charge on any atom is -0.494 e. The summed E-state index contributed by atoms with van der Waals surface area (Å²) < 4.78 is 25.9. The van der Waals surface area contributed by atoms with Gasteiger partial charge < -0.3 is 14.1 Å². The summed E-state index contributed by atoms with van der Waals surface area (Å²) in [5.41, 5.74) is 1.48. The summed E-state index contributed by atoms with van der Waals surface area (Å²) in [4.78, 5) is 44.8. The maximum Gasteiger partial charge on any atom is 0.257 e. The van der Waals surface area contributed by atoms with Gasteiger partial charge in [0.05, 0.1) is 36.4 Å². The van der Waals surface area contributed by atoms with E-state index < -0.39 is 29.0 Å². The average molecular weight is 510 g/mol. The number of rotatable bonds is 5. The standard InChI is InChI=1S/C28H19FN4O5/c1-37-21-7-5-17-13-33(26(35)24(17)25(21)29)14-28(11-23(34)32-27(28)36)22-10-19-20(38-22)8-6-18(31-19)16-4-2-3-15(9-16)12-30/h2-10H,11,13-14H2,1H3,(H,32,34,36)/t28-/m1/s1. The molecule has 3 amide bonds. The van der Waals surface area contributed by atoms with Crippen molar-refractivity contribution < 1.29 is 27.9 Å². The molecule has 1 N–H and O–H groups in total. The fraction of sp³-hybridized carbons (Fsp3) is 0.179. The molecule has 6 rings (SSSR count). The molecule has 0 spiro atoms. The van der Waals surface area contributed by atoms with E-state index in [9.17, 15) is 24.0 Å². The van der Waals surface area contributed by atoms with Gasteiger partial charge in [0, 0.05) is 24.7 Å². The molecule has 2 aliphatic heterocycles. The largest absolute Gasteiger partial charge is 0.494 e. The van der Waals surface area contributed by atoms with Crippen LogP contribution in [0.4, 0.5) is 4.39 Å². The van der Waals surface area contributed by atoms with E-state index >= 15 is 0 Å². The molecule has 1 atom stereocenters. The molecule has 0 saturated carbocycles. The number of pyridine rings is 1. The van der Waals surface area contributed by atoms with E-state index in [0.29, 0.717) is 27.9 Å². The molecule has 0 aliphatic carbocycles. The van der Waals surface area contributed by atoms with Gasteiger partial charge >= 0.3 is 0 Å². The maximum atomic E-state index is 14.9. The van der Waals surface area contributed by atoms with Crippen LogP contribution in [0.3, 0.4) is 0 Å². The fourth-order valence-electron chi connectivity index (χ4n) is 5.12. The van der Waals surface area contributed by atoms with Crippen molar-refractivity contribution in [3.63, 3.8) is 0 Å². The number of nitrogens with zero attached hydrogens (tertiary/aromatic N) is 3. The Morgan fingerprint density at radius 1 is 1.18 bits per heavy atom. The SMILES string of the molecule is COc1ccc2c(c1F)C(=O)N(C[C@@]1(c3cc4nc(-c5cccc(C#N)c5)ccc4o3)CC(=O)NC1=O)C2. The highest BCUT2D eigenvalue weighted by molar-refractivity contribution is 6.10. The molecule has 0 radical (unpaired) electrons. The minimum absolute atomic E-state index is 0.0538. The number of aromatic nitrogens is 1. The zero-order chi connectivity index (χ0) is 26.6. The Bertz CT molecular complexity index is 1720. The Hall–Kier alpha value is -5.04. The lowest BCUT2D eigenvalue weighted by Gasteiger charge is -2.28. The lowest BCUT2D eigenvalue weighted by molar-refractivity contribution is -0.127. The van der Waals surface area contributed by atoms with E-state index in [4.69, 9.17) is 9.15 Å². The molecule has 4 heterocycles. The maximum absolute atomic E-state index is 14.9. The first-order chi connectivity index (χ1) is 18.3. The third kappa shape index (κ3) is 3.51. The number of hydrogen-bond donors (Lipinski definition) is 1. The summed E-state index contributed by atoms with van der Waals surface area (Å²) >= 11 is 0. The van der Waals surface area contributed by atoms with Crippen LogP contribution in [-0.4, -0.2) is 41.3 Å². The molecule has 188 valence electrons. The van der Waals surface area contributed by atoms with Gasteiger partial charge in [-0.25, -0.2) is 9.37 Å². The smallest absolute Gasteiger partial charge is 0.257 e. The molecule has 4 aromatic rings. The van der Waals surface area contributed by atoms with Crippen molar-refractivity contribution in [2.24, 2.45) is 0 Å². The van der Waals surface area contributed by atoms with Crippen molar-refractivity contribution in [3.8, 4) is 23.1 Å². The number of furan rings is 1. The summed E-state index contributed by atoms with van der Waals surface area (Å²) in [6, 6.07) is 17.2. The van der Waals surface area contributed by atoms with Gasteiger partial charge in [0.2, 0.25) is 11.8 Å². The predicted molar refractivity (Wildman–Crippen MR) is 131 cm³/mol. The van der Waals surface area contributed by atoms with Crippen LogP contribution in [0.25, 0.3) is 22.4 Å². The lowest BCUT2D eigenvalue weighted by Crippen LogP contribution is -2.46. The molecule has 10 heteroatoms. The number of halogens is 1. The number of hydrogen-bond acceptors (Lipinski definition) is 7. The van der Waals surface area contributed by atoms with Gasteiger partial charge in [-0.3, -0.25) is 19.7 Å². The van der Waals surface area contributed by atoms with Gasteiger partial charge in [0.15, 0.2) is 17.1 Å². The van der Waals surface area contributed by atoms with Crippen molar-refractivity contribution in [2.45, 2.75) is 18.4 Å². The zero-order valence-electron chi connectivity index (χ0n) is 20.1. The second-order valence-electron chi connectivity index (χ2n) is 9.30. The highest BCUT2D eigenvalue weighted by atomic mass is 19.1. The van der Waals surface area contributed by atoms with Gasteiger partial charge in [0.1, 0.15) is 16.7 Å². The second kappa shape index (κ2) is 8.52. The van der Waals surface area contributed by atoms with E-state index in [2.05, 4.69) is 16.4 Å². The van der Waals surface area contributed by atoms with Crippen LogP contribution < -0.4 is 10.1 Å². The van der Waals surface area contributed by atoms with Gasteiger partial charge in [-0.1, -0.05) is 18.2 Å². The Morgan fingerprint density at radius 2 is 2.03 bits per heavy atom. The molecular formula is C28H19FN4O5. The molecule has 2 aromatic heterocycles. The number of carbonyl (C=O) groups is 3. The lowest BCUT2D eigenvalue weighted by atomic mass is 9.82. The van der Waals surface area contributed by atoms with Crippen LogP contribution in [0.1, 0.15) is 33.7 Å². The molecule has 1 saturated heterocycles. The van der Waals surface area contributed by atoms with Crippen LogP contribution in [0.5, 0.6) is 5.75 Å². The second-order valence-corrected chi connectivity index (χ2v) is 9.30. The van der Waals surface area contributed by atoms with E-state index in [1.807, 2.05) is 6.07 Å². The van der Waals surface area contributed by atoms with E-state index in [1.54, 1.807) is 42.5 Å². The summed E-state index contributed by atoms with van der Waals surface area (Å²) in [7, 11) is 1.31. The molecule has 0 bridgehead atoms. The van der Waals surface area contributed by atoms with Crippen LogP contribution in [0.15, 0.2) is 59.0 Å². The molecule has 38 heavy (non-hydrogen) atoms. The van der Waals surface area contributed by atoms with Gasteiger partial charge in [-0.2, -0.15) is 5.26 Å². The Morgan fingerprint density at radius 3 is 2.76 bits per heavy atom. The number of amides is 3. The number of benzene rings is 2. The van der Waals surface area contributed by atoms with Crippen molar-refractivity contribution in [1.82, 2.24) is 15.2 Å². The Labute approximate surface area is 215 Å². The summed E-state index contributed by atoms with van der Waals surface area (Å²) in [5, 5.41) is 11.5.